The minimum Gasteiger partial charge on any atom is -0.373 e. The molecule has 3 heterocycles. The van der Waals surface area contributed by atoms with Crippen molar-refractivity contribution in [1.29, 1.82) is 0 Å². The number of morpholine rings is 1. The lowest BCUT2D eigenvalue weighted by Crippen LogP contribution is -2.39. The molecule has 3 rings (SSSR count). The van der Waals surface area contributed by atoms with Crippen LogP contribution in [0, 0.1) is 6.92 Å². The molecule has 2 aromatic heterocycles. The summed E-state index contributed by atoms with van der Waals surface area (Å²) in [6.07, 6.45) is 1.75. The third-order valence-electron chi connectivity index (χ3n) is 3.51. The van der Waals surface area contributed by atoms with E-state index in [0.29, 0.717) is 6.61 Å². The van der Waals surface area contributed by atoms with Gasteiger partial charge in [-0.05, 0) is 25.1 Å². The van der Waals surface area contributed by atoms with E-state index >= 15 is 0 Å². The first kappa shape index (κ1) is 13.8. The van der Waals surface area contributed by atoms with Crippen LogP contribution < -0.4 is 10.2 Å². The van der Waals surface area contributed by atoms with E-state index in [1.165, 1.54) is 0 Å². The second-order valence-corrected chi connectivity index (χ2v) is 4.97. The molecular weight excluding hydrogens is 266 g/mol. The van der Waals surface area contributed by atoms with Crippen LogP contribution in [-0.4, -0.2) is 41.7 Å². The maximum Gasteiger partial charge on any atom is 0.132 e. The van der Waals surface area contributed by atoms with Crippen LogP contribution >= 0.6 is 0 Å². The normalized spacial score (nSPS) is 18.6. The number of rotatable bonds is 3. The molecule has 1 aliphatic heterocycles. The van der Waals surface area contributed by atoms with Gasteiger partial charge < -0.3 is 15.0 Å². The molecule has 1 atom stereocenters. The highest BCUT2D eigenvalue weighted by atomic mass is 16.5. The average Bonchev–Trinajstić information content (AvgIpc) is 2.55. The van der Waals surface area contributed by atoms with Crippen molar-refractivity contribution in [1.82, 2.24) is 15.0 Å². The Morgan fingerprint density at radius 3 is 3.00 bits per heavy atom. The fourth-order valence-corrected chi connectivity index (χ4v) is 2.43. The van der Waals surface area contributed by atoms with Crippen molar-refractivity contribution in [2.24, 2.45) is 0 Å². The number of anilines is 2. The van der Waals surface area contributed by atoms with Gasteiger partial charge in [0.05, 0.1) is 18.8 Å². The van der Waals surface area contributed by atoms with Gasteiger partial charge in [-0.3, -0.25) is 0 Å². The van der Waals surface area contributed by atoms with Crippen LogP contribution in [-0.2, 0) is 4.74 Å². The zero-order chi connectivity index (χ0) is 14.7. The van der Waals surface area contributed by atoms with Gasteiger partial charge in [-0.15, -0.1) is 0 Å². The fourth-order valence-electron chi connectivity index (χ4n) is 2.43. The van der Waals surface area contributed by atoms with E-state index in [4.69, 9.17) is 4.74 Å². The van der Waals surface area contributed by atoms with E-state index in [1.807, 2.05) is 38.2 Å². The Labute approximate surface area is 124 Å². The molecule has 0 unspecified atom stereocenters. The third kappa shape index (κ3) is 3.11. The summed E-state index contributed by atoms with van der Waals surface area (Å²) in [4.78, 5) is 15.4. The molecule has 21 heavy (non-hydrogen) atoms. The van der Waals surface area contributed by atoms with Crippen LogP contribution in [0.2, 0.25) is 0 Å². The molecule has 6 heteroatoms. The monoisotopic (exact) mass is 285 g/mol. The lowest BCUT2D eigenvalue weighted by molar-refractivity contribution is 0.0368. The van der Waals surface area contributed by atoms with Crippen LogP contribution in [0.25, 0.3) is 0 Å². The molecule has 0 aliphatic carbocycles. The molecule has 0 bridgehead atoms. The van der Waals surface area contributed by atoms with Gasteiger partial charge in [-0.25, -0.2) is 15.0 Å². The maximum absolute atomic E-state index is 5.87. The standard InChI is InChI=1S/C15H19N5O/c1-11-17-7-6-15(18-11)20-8-9-21-13(10-20)12-4-3-5-14(16-2)19-12/h3-7,13H,8-10H2,1-2H3,(H,16,19)/t13-/m1/s1. The van der Waals surface area contributed by atoms with Crippen molar-refractivity contribution in [3.05, 3.63) is 42.0 Å². The van der Waals surface area contributed by atoms with Gasteiger partial charge in [0.1, 0.15) is 23.6 Å². The SMILES string of the molecule is CNc1cccc([C@H]2CN(c3ccnc(C)n3)CCO2)n1. The quantitative estimate of drug-likeness (QED) is 0.928. The lowest BCUT2D eigenvalue weighted by Gasteiger charge is -2.33. The molecule has 0 radical (unpaired) electrons. The summed E-state index contributed by atoms with van der Waals surface area (Å²) in [5, 5.41) is 3.06. The van der Waals surface area contributed by atoms with Gasteiger partial charge >= 0.3 is 0 Å². The molecule has 110 valence electrons. The summed E-state index contributed by atoms with van der Waals surface area (Å²) in [5.41, 5.74) is 0.942. The zero-order valence-corrected chi connectivity index (χ0v) is 12.3. The molecule has 0 aromatic carbocycles. The number of hydrogen-bond donors (Lipinski definition) is 1. The zero-order valence-electron chi connectivity index (χ0n) is 12.3. The van der Waals surface area contributed by atoms with E-state index in [1.54, 1.807) is 6.20 Å². The van der Waals surface area contributed by atoms with Gasteiger partial charge in [0.25, 0.3) is 0 Å². The summed E-state index contributed by atoms with van der Waals surface area (Å²) >= 11 is 0. The third-order valence-corrected chi connectivity index (χ3v) is 3.51. The minimum atomic E-state index is -0.0395. The molecule has 0 saturated carbocycles. The van der Waals surface area contributed by atoms with Crippen molar-refractivity contribution in [3.8, 4) is 0 Å². The Kier molecular flexibility index (Phi) is 3.96. The Morgan fingerprint density at radius 1 is 1.29 bits per heavy atom. The predicted octanol–water partition coefficient (Wildman–Crippen LogP) is 1.80. The molecule has 1 N–H and O–H groups in total. The maximum atomic E-state index is 5.87. The number of aryl methyl sites for hydroxylation is 1. The molecule has 1 aliphatic rings. The molecule has 0 spiro atoms. The highest BCUT2D eigenvalue weighted by Gasteiger charge is 2.24. The molecule has 2 aromatic rings. The first-order valence-corrected chi connectivity index (χ1v) is 7.07. The topological polar surface area (TPSA) is 63.2 Å². The largest absolute Gasteiger partial charge is 0.373 e. The van der Waals surface area contributed by atoms with E-state index < -0.39 is 0 Å². The molecule has 6 nitrogen and oxygen atoms in total. The molecular formula is C15H19N5O. The van der Waals surface area contributed by atoms with Crippen molar-refractivity contribution in [2.75, 3.05) is 37.0 Å². The summed E-state index contributed by atoms with van der Waals surface area (Å²) in [7, 11) is 1.86. The first-order valence-electron chi connectivity index (χ1n) is 7.07. The number of pyridine rings is 1. The molecule has 1 fully saturated rings. The number of nitrogens with zero attached hydrogens (tertiary/aromatic N) is 4. The van der Waals surface area contributed by atoms with Gasteiger partial charge in [-0.1, -0.05) is 6.07 Å². The minimum absolute atomic E-state index is 0.0395. The smallest absolute Gasteiger partial charge is 0.132 e. The van der Waals surface area contributed by atoms with E-state index in [2.05, 4.69) is 25.2 Å². The number of ether oxygens (including phenoxy) is 1. The van der Waals surface area contributed by atoms with E-state index in [-0.39, 0.29) is 6.10 Å². The van der Waals surface area contributed by atoms with Crippen LogP contribution in [0.5, 0.6) is 0 Å². The van der Waals surface area contributed by atoms with Gasteiger partial charge in [-0.2, -0.15) is 0 Å². The van der Waals surface area contributed by atoms with Gasteiger partial charge in [0.2, 0.25) is 0 Å². The highest BCUT2D eigenvalue weighted by molar-refractivity contribution is 5.39. The molecule has 0 amide bonds. The second kappa shape index (κ2) is 6.05. The van der Waals surface area contributed by atoms with Crippen molar-refractivity contribution < 1.29 is 4.74 Å². The number of nitrogens with one attached hydrogen (secondary N) is 1. The van der Waals surface area contributed by atoms with Crippen molar-refractivity contribution in [3.63, 3.8) is 0 Å². The van der Waals surface area contributed by atoms with E-state index in [0.717, 1.165) is 36.2 Å². The number of hydrogen-bond acceptors (Lipinski definition) is 6. The Balaban J connectivity index is 1.79. The summed E-state index contributed by atoms with van der Waals surface area (Å²) in [5.74, 6) is 2.58. The first-order chi connectivity index (χ1) is 10.3. The fraction of sp³-hybridized carbons (Fsp3) is 0.400. The Hall–Kier alpha value is -2.21. The summed E-state index contributed by atoms with van der Waals surface area (Å²) in [6.45, 7) is 4.15. The van der Waals surface area contributed by atoms with E-state index in [9.17, 15) is 0 Å². The second-order valence-electron chi connectivity index (χ2n) is 4.97. The Bertz CT molecular complexity index is 619. The van der Waals surface area contributed by atoms with Crippen molar-refractivity contribution in [2.45, 2.75) is 13.0 Å². The Morgan fingerprint density at radius 2 is 2.19 bits per heavy atom. The predicted molar refractivity (Wildman–Crippen MR) is 81.5 cm³/mol. The summed E-state index contributed by atoms with van der Waals surface area (Å²) in [6, 6.07) is 7.87. The summed E-state index contributed by atoms with van der Waals surface area (Å²) < 4.78 is 5.87. The van der Waals surface area contributed by atoms with Crippen LogP contribution in [0.1, 0.15) is 17.6 Å². The van der Waals surface area contributed by atoms with Crippen LogP contribution in [0.3, 0.4) is 0 Å². The van der Waals surface area contributed by atoms with Crippen LogP contribution in [0.15, 0.2) is 30.5 Å². The number of aromatic nitrogens is 3. The average molecular weight is 285 g/mol. The van der Waals surface area contributed by atoms with Crippen molar-refractivity contribution >= 4 is 11.6 Å². The lowest BCUT2D eigenvalue weighted by atomic mass is 10.2. The molecule has 1 saturated heterocycles. The van der Waals surface area contributed by atoms with Crippen LogP contribution in [0.4, 0.5) is 11.6 Å². The van der Waals surface area contributed by atoms with Gasteiger partial charge in [0.15, 0.2) is 0 Å². The van der Waals surface area contributed by atoms with Gasteiger partial charge in [0, 0.05) is 19.8 Å². The highest BCUT2D eigenvalue weighted by Crippen LogP contribution is 2.24.